The van der Waals surface area contributed by atoms with Gasteiger partial charge in [0.15, 0.2) is 6.61 Å². The van der Waals surface area contributed by atoms with Gasteiger partial charge in [-0.05, 0) is 41.3 Å². The van der Waals surface area contributed by atoms with Crippen LogP contribution in [0.5, 0.6) is 17.2 Å². The van der Waals surface area contributed by atoms with Crippen molar-refractivity contribution >= 4 is 29.2 Å². The average Bonchev–Trinajstić information content (AvgIpc) is 2.82. The molecule has 178 valence electrons. The molecule has 1 aliphatic heterocycles. The Balaban J connectivity index is 1.54. The molecule has 2 N–H and O–H groups in total. The minimum Gasteiger partial charge on any atom is -0.480 e. The van der Waals surface area contributed by atoms with E-state index >= 15 is 0 Å². The Bertz CT molecular complexity index is 1340. The van der Waals surface area contributed by atoms with Gasteiger partial charge in [-0.15, -0.1) is 0 Å². The normalized spacial score (nSPS) is 14.7. The summed E-state index contributed by atoms with van der Waals surface area (Å²) in [6.07, 6.45) is 0. The standard InChI is InChI=1S/C27H22Cl2N2O4/c1-15(2)16-3-5-17(6-4-16)26-20-9-8-19(12-24(20)35-27(31)21(26)13-30)34-25(32)14-33-23-10-7-18(28)11-22(23)29/h3-12,15,26H,14,31H2,1-2H3. The summed E-state index contributed by atoms with van der Waals surface area (Å²) < 4.78 is 16.5. The summed E-state index contributed by atoms with van der Waals surface area (Å²) in [7, 11) is 0. The maximum atomic E-state index is 12.3. The summed E-state index contributed by atoms with van der Waals surface area (Å²) in [5.74, 6) is 0.350. The second kappa shape index (κ2) is 10.3. The third kappa shape index (κ3) is 5.37. The molecular formula is C27H22Cl2N2O4. The monoisotopic (exact) mass is 508 g/mol. The van der Waals surface area contributed by atoms with Gasteiger partial charge in [-0.1, -0.05) is 67.4 Å². The number of carbonyl (C=O) groups is 1. The first-order valence-corrected chi connectivity index (χ1v) is 11.6. The highest BCUT2D eigenvalue weighted by Gasteiger charge is 2.31. The maximum Gasteiger partial charge on any atom is 0.349 e. The van der Waals surface area contributed by atoms with Crippen LogP contribution in [0, 0.1) is 11.3 Å². The number of benzene rings is 3. The van der Waals surface area contributed by atoms with Crippen molar-refractivity contribution in [3.63, 3.8) is 0 Å². The number of nitrogens with zero attached hydrogens (tertiary/aromatic N) is 1. The number of rotatable bonds is 6. The van der Waals surface area contributed by atoms with E-state index < -0.39 is 11.9 Å². The number of carbonyl (C=O) groups excluding carboxylic acids is 1. The molecule has 1 heterocycles. The van der Waals surface area contributed by atoms with Gasteiger partial charge in [-0.2, -0.15) is 5.26 Å². The lowest BCUT2D eigenvalue weighted by atomic mass is 9.83. The highest BCUT2D eigenvalue weighted by molar-refractivity contribution is 6.35. The fourth-order valence-electron chi connectivity index (χ4n) is 3.81. The number of hydrogen-bond donors (Lipinski definition) is 1. The number of halogens is 2. The third-order valence-corrected chi connectivity index (χ3v) is 6.13. The van der Waals surface area contributed by atoms with Crippen LogP contribution in [0.3, 0.4) is 0 Å². The van der Waals surface area contributed by atoms with Crippen LogP contribution in [-0.2, 0) is 4.79 Å². The number of ether oxygens (including phenoxy) is 3. The maximum absolute atomic E-state index is 12.3. The van der Waals surface area contributed by atoms with Crippen molar-refractivity contribution < 1.29 is 19.0 Å². The summed E-state index contributed by atoms with van der Waals surface area (Å²) in [6, 6.07) is 19.9. The van der Waals surface area contributed by atoms with Gasteiger partial charge in [0, 0.05) is 16.7 Å². The van der Waals surface area contributed by atoms with Gasteiger partial charge < -0.3 is 19.9 Å². The van der Waals surface area contributed by atoms with Crippen LogP contribution < -0.4 is 19.9 Å². The zero-order chi connectivity index (χ0) is 25.1. The van der Waals surface area contributed by atoms with Crippen LogP contribution in [0.1, 0.15) is 42.4 Å². The molecule has 0 spiro atoms. The summed E-state index contributed by atoms with van der Waals surface area (Å²) >= 11 is 11.9. The average molecular weight is 509 g/mol. The van der Waals surface area contributed by atoms with E-state index in [4.69, 9.17) is 43.1 Å². The van der Waals surface area contributed by atoms with E-state index in [9.17, 15) is 10.1 Å². The molecule has 0 bridgehead atoms. The first kappa shape index (κ1) is 24.5. The van der Waals surface area contributed by atoms with Gasteiger partial charge in [-0.3, -0.25) is 0 Å². The molecule has 1 atom stereocenters. The van der Waals surface area contributed by atoms with Crippen LogP contribution in [0.25, 0.3) is 0 Å². The Morgan fingerprint density at radius 2 is 1.86 bits per heavy atom. The summed E-state index contributed by atoms with van der Waals surface area (Å²) in [6.45, 7) is 3.88. The summed E-state index contributed by atoms with van der Waals surface area (Å²) in [5, 5.41) is 10.5. The van der Waals surface area contributed by atoms with Crippen molar-refractivity contribution in [3.05, 3.63) is 98.9 Å². The number of esters is 1. The van der Waals surface area contributed by atoms with Crippen LogP contribution in [0.2, 0.25) is 10.0 Å². The van der Waals surface area contributed by atoms with E-state index in [2.05, 4.69) is 19.9 Å². The Hall–Kier alpha value is -3.66. The molecule has 1 unspecified atom stereocenters. The van der Waals surface area contributed by atoms with E-state index in [-0.39, 0.29) is 23.3 Å². The molecule has 4 rings (SSSR count). The first-order valence-electron chi connectivity index (χ1n) is 10.9. The van der Waals surface area contributed by atoms with E-state index in [1.54, 1.807) is 30.3 Å². The van der Waals surface area contributed by atoms with Gasteiger partial charge in [0.25, 0.3) is 0 Å². The van der Waals surface area contributed by atoms with E-state index in [1.165, 1.54) is 11.6 Å². The highest BCUT2D eigenvalue weighted by atomic mass is 35.5. The third-order valence-electron chi connectivity index (χ3n) is 5.60. The van der Waals surface area contributed by atoms with Crippen molar-refractivity contribution in [2.45, 2.75) is 25.7 Å². The molecule has 0 amide bonds. The molecule has 0 radical (unpaired) electrons. The Morgan fingerprint density at radius 1 is 1.11 bits per heavy atom. The molecule has 0 aliphatic carbocycles. The number of fused-ring (bicyclic) bond motifs is 1. The topological polar surface area (TPSA) is 94.6 Å². The molecule has 0 aromatic heterocycles. The van der Waals surface area contributed by atoms with E-state index in [1.807, 2.05) is 24.3 Å². The molecule has 1 aliphatic rings. The molecule has 3 aromatic carbocycles. The summed E-state index contributed by atoms with van der Waals surface area (Å²) in [4.78, 5) is 12.3. The van der Waals surface area contributed by atoms with E-state index in [0.29, 0.717) is 28.0 Å². The number of allylic oxidation sites excluding steroid dienone is 1. The minimum atomic E-state index is -0.631. The van der Waals surface area contributed by atoms with Gasteiger partial charge in [0.2, 0.25) is 5.88 Å². The zero-order valence-electron chi connectivity index (χ0n) is 19.0. The fraction of sp³-hybridized carbons (Fsp3) is 0.185. The molecule has 3 aromatic rings. The van der Waals surface area contributed by atoms with Gasteiger partial charge in [0.1, 0.15) is 28.9 Å². The van der Waals surface area contributed by atoms with Crippen LogP contribution in [0.4, 0.5) is 0 Å². The second-order valence-corrected chi connectivity index (χ2v) is 9.13. The molecule has 8 heteroatoms. The van der Waals surface area contributed by atoms with Gasteiger partial charge in [0.05, 0.1) is 10.9 Å². The highest BCUT2D eigenvalue weighted by Crippen LogP contribution is 2.43. The Morgan fingerprint density at radius 3 is 2.51 bits per heavy atom. The lowest BCUT2D eigenvalue weighted by molar-refractivity contribution is -0.136. The fourth-order valence-corrected chi connectivity index (χ4v) is 4.27. The second-order valence-electron chi connectivity index (χ2n) is 8.28. The Kier molecular flexibility index (Phi) is 7.20. The number of hydrogen-bond acceptors (Lipinski definition) is 6. The molecule has 0 saturated carbocycles. The molecule has 35 heavy (non-hydrogen) atoms. The van der Waals surface area contributed by atoms with Crippen molar-refractivity contribution in [1.29, 1.82) is 5.26 Å². The van der Waals surface area contributed by atoms with Crippen molar-refractivity contribution in [1.82, 2.24) is 0 Å². The first-order chi connectivity index (χ1) is 16.8. The predicted octanol–water partition coefficient (Wildman–Crippen LogP) is 6.32. The minimum absolute atomic E-state index is 0.0159. The lowest BCUT2D eigenvalue weighted by Gasteiger charge is -2.27. The van der Waals surface area contributed by atoms with Crippen molar-refractivity contribution in [2.75, 3.05) is 6.61 Å². The molecular weight excluding hydrogens is 487 g/mol. The lowest BCUT2D eigenvalue weighted by Crippen LogP contribution is -2.21. The SMILES string of the molecule is CC(C)c1ccc(C2C(C#N)=C(N)Oc3cc(OC(=O)COc4ccc(Cl)cc4Cl)ccc32)cc1. The van der Waals surface area contributed by atoms with E-state index in [0.717, 1.165) is 11.1 Å². The molecule has 6 nitrogen and oxygen atoms in total. The predicted molar refractivity (Wildman–Crippen MR) is 134 cm³/mol. The van der Waals surface area contributed by atoms with Crippen LogP contribution >= 0.6 is 23.2 Å². The van der Waals surface area contributed by atoms with Crippen LogP contribution in [-0.4, -0.2) is 12.6 Å². The van der Waals surface area contributed by atoms with Gasteiger partial charge in [-0.25, -0.2) is 4.79 Å². The van der Waals surface area contributed by atoms with Crippen LogP contribution in [0.15, 0.2) is 72.1 Å². The number of nitriles is 1. The largest absolute Gasteiger partial charge is 0.480 e. The molecule has 0 fully saturated rings. The number of nitrogens with two attached hydrogens (primary N) is 1. The smallest absolute Gasteiger partial charge is 0.349 e. The Labute approximate surface area is 213 Å². The van der Waals surface area contributed by atoms with Gasteiger partial charge >= 0.3 is 5.97 Å². The van der Waals surface area contributed by atoms with Crippen molar-refractivity contribution in [2.24, 2.45) is 5.73 Å². The quantitative estimate of drug-likeness (QED) is 0.309. The summed E-state index contributed by atoms with van der Waals surface area (Å²) in [5.41, 5.74) is 9.27. The van der Waals surface area contributed by atoms with Crippen molar-refractivity contribution in [3.8, 4) is 23.3 Å². The zero-order valence-corrected chi connectivity index (χ0v) is 20.6. The molecule has 0 saturated heterocycles.